The van der Waals surface area contributed by atoms with Gasteiger partial charge in [0.15, 0.2) is 23.1 Å². The lowest BCUT2D eigenvalue weighted by molar-refractivity contribution is 0.0823. The third-order valence-corrected chi connectivity index (χ3v) is 5.96. The van der Waals surface area contributed by atoms with Gasteiger partial charge in [0.2, 0.25) is 0 Å². The number of pyridine rings is 1. The van der Waals surface area contributed by atoms with Crippen LogP contribution in [0.4, 0.5) is 20.4 Å². The zero-order chi connectivity index (χ0) is 25.3. The van der Waals surface area contributed by atoms with E-state index >= 15 is 0 Å². The molecule has 184 valence electrons. The number of halogens is 2. The van der Waals surface area contributed by atoms with Crippen molar-refractivity contribution in [3.63, 3.8) is 0 Å². The smallest absolute Gasteiger partial charge is 0.274 e. The molecule has 1 N–H and O–H groups in total. The van der Waals surface area contributed by atoms with Gasteiger partial charge in [-0.3, -0.25) is 9.59 Å². The quantitative estimate of drug-likeness (QED) is 0.533. The predicted octanol–water partition coefficient (Wildman–Crippen LogP) is 3.92. The molecule has 3 aromatic rings. The van der Waals surface area contributed by atoms with Crippen LogP contribution < -0.4 is 10.2 Å². The van der Waals surface area contributed by atoms with Crippen LogP contribution in [0.15, 0.2) is 30.5 Å². The molecular formula is C25H28F2N6O2. The van der Waals surface area contributed by atoms with Crippen LogP contribution in [-0.2, 0) is 0 Å². The van der Waals surface area contributed by atoms with E-state index in [1.165, 1.54) is 11.1 Å². The highest BCUT2D eigenvalue weighted by Gasteiger charge is 2.30. The van der Waals surface area contributed by atoms with Crippen molar-refractivity contribution in [1.82, 2.24) is 19.9 Å². The fourth-order valence-electron chi connectivity index (χ4n) is 4.19. The Kier molecular flexibility index (Phi) is 6.90. The van der Waals surface area contributed by atoms with Crippen molar-refractivity contribution in [3.05, 3.63) is 53.4 Å². The molecule has 2 aromatic heterocycles. The summed E-state index contributed by atoms with van der Waals surface area (Å²) in [5.41, 5.74) is 0.942. The number of benzene rings is 1. The maximum absolute atomic E-state index is 14.1. The Morgan fingerprint density at radius 2 is 1.83 bits per heavy atom. The molecule has 1 amide bonds. The topological polar surface area (TPSA) is 91.3 Å². The second-order valence-electron chi connectivity index (χ2n) is 9.17. The third kappa shape index (κ3) is 5.06. The summed E-state index contributed by atoms with van der Waals surface area (Å²) in [6.07, 6.45) is 2.44. The Labute approximate surface area is 202 Å². The van der Waals surface area contributed by atoms with Gasteiger partial charge in [-0.25, -0.2) is 23.7 Å². The molecule has 8 nitrogen and oxygen atoms in total. The summed E-state index contributed by atoms with van der Waals surface area (Å²) in [6, 6.07) is 4.73. The van der Waals surface area contributed by atoms with Gasteiger partial charge in [-0.2, -0.15) is 0 Å². The Morgan fingerprint density at radius 3 is 2.49 bits per heavy atom. The first-order chi connectivity index (χ1) is 16.7. The summed E-state index contributed by atoms with van der Waals surface area (Å²) in [6.45, 7) is 4.92. The van der Waals surface area contributed by atoms with Crippen molar-refractivity contribution < 1.29 is 18.4 Å². The molecule has 1 fully saturated rings. The van der Waals surface area contributed by atoms with E-state index in [2.05, 4.69) is 10.3 Å². The van der Waals surface area contributed by atoms with Gasteiger partial charge in [-0.1, -0.05) is 0 Å². The molecular weight excluding hydrogens is 454 g/mol. The number of Topliss-reactive ketones (excluding diaryl/α,β-unsaturated/α-hetero) is 1. The highest BCUT2D eigenvalue weighted by Crippen LogP contribution is 2.31. The summed E-state index contributed by atoms with van der Waals surface area (Å²) in [5, 5.41) is 3.32. The number of nitrogens with one attached hydrogen (secondary N) is 1. The number of rotatable bonds is 6. The molecule has 1 aliphatic rings. The van der Waals surface area contributed by atoms with Crippen LogP contribution in [0.25, 0.3) is 11.0 Å². The molecule has 1 aromatic carbocycles. The van der Waals surface area contributed by atoms with Gasteiger partial charge >= 0.3 is 0 Å². The van der Waals surface area contributed by atoms with Gasteiger partial charge in [0.05, 0.1) is 11.1 Å². The number of amides is 1. The fraction of sp³-hybridized carbons (Fsp3) is 0.400. The molecule has 0 unspecified atom stereocenters. The molecule has 0 radical (unpaired) electrons. The van der Waals surface area contributed by atoms with Crippen LogP contribution in [-0.4, -0.2) is 64.8 Å². The lowest BCUT2D eigenvalue weighted by atomic mass is 9.88. The lowest BCUT2D eigenvalue weighted by Gasteiger charge is -2.33. The number of carbonyl (C=O) groups excluding carboxylic acids is 2. The van der Waals surface area contributed by atoms with Crippen molar-refractivity contribution in [3.8, 4) is 0 Å². The van der Waals surface area contributed by atoms with Crippen LogP contribution in [0, 0.1) is 17.6 Å². The second kappa shape index (κ2) is 9.89. The summed E-state index contributed by atoms with van der Waals surface area (Å²) in [4.78, 5) is 42.8. The number of aromatic nitrogens is 3. The maximum Gasteiger partial charge on any atom is 0.274 e. The maximum atomic E-state index is 14.1. The molecule has 0 aliphatic carbocycles. The fourth-order valence-corrected chi connectivity index (χ4v) is 4.19. The van der Waals surface area contributed by atoms with E-state index < -0.39 is 23.3 Å². The minimum Gasteiger partial charge on any atom is -0.365 e. The first-order valence-electron chi connectivity index (χ1n) is 11.5. The second-order valence-corrected chi connectivity index (χ2v) is 9.17. The van der Waals surface area contributed by atoms with E-state index in [0.717, 1.165) is 18.2 Å². The minimum absolute atomic E-state index is 0.0836. The van der Waals surface area contributed by atoms with E-state index in [9.17, 15) is 18.4 Å². The van der Waals surface area contributed by atoms with Crippen molar-refractivity contribution in [2.24, 2.45) is 5.92 Å². The number of piperidine rings is 1. The Hall–Kier alpha value is -3.69. The molecule has 35 heavy (non-hydrogen) atoms. The molecule has 0 spiro atoms. The number of fused-ring (bicyclic) bond motifs is 1. The monoisotopic (exact) mass is 482 g/mol. The molecule has 3 heterocycles. The average molecular weight is 483 g/mol. The lowest BCUT2D eigenvalue weighted by Crippen LogP contribution is -2.38. The van der Waals surface area contributed by atoms with Gasteiger partial charge in [0.25, 0.3) is 5.91 Å². The van der Waals surface area contributed by atoms with E-state index in [1.807, 2.05) is 18.7 Å². The van der Waals surface area contributed by atoms with Gasteiger partial charge < -0.3 is 15.1 Å². The van der Waals surface area contributed by atoms with E-state index in [0.29, 0.717) is 48.6 Å². The number of hydrogen-bond acceptors (Lipinski definition) is 7. The first-order valence-corrected chi connectivity index (χ1v) is 11.5. The molecule has 0 atom stereocenters. The van der Waals surface area contributed by atoms with Crippen molar-refractivity contribution in [1.29, 1.82) is 0 Å². The van der Waals surface area contributed by atoms with Crippen LogP contribution in [0.5, 0.6) is 0 Å². The predicted molar refractivity (Wildman–Crippen MR) is 130 cm³/mol. The van der Waals surface area contributed by atoms with Crippen molar-refractivity contribution >= 4 is 34.4 Å². The summed E-state index contributed by atoms with van der Waals surface area (Å²) in [7, 11) is 3.30. The Bertz CT molecular complexity index is 1270. The highest BCUT2D eigenvalue weighted by atomic mass is 19.1. The van der Waals surface area contributed by atoms with Gasteiger partial charge in [0, 0.05) is 45.3 Å². The van der Waals surface area contributed by atoms with Crippen molar-refractivity contribution in [2.75, 3.05) is 37.4 Å². The van der Waals surface area contributed by atoms with Crippen molar-refractivity contribution in [2.45, 2.75) is 32.7 Å². The Balaban J connectivity index is 1.64. The summed E-state index contributed by atoms with van der Waals surface area (Å²) >= 11 is 0. The van der Waals surface area contributed by atoms with E-state index in [4.69, 9.17) is 9.97 Å². The van der Waals surface area contributed by atoms with Gasteiger partial charge in [-0.15, -0.1) is 0 Å². The zero-order valence-electron chi connectivity index (χ0n) is 20.2. The number of carbonyl (C=O) groups is 2. The third-order valence-electron chi connectivity index (χ3n) is 5.96. The largest absolute Gasteiger partial charge is 0.365 e. The standard InChI is InChI=1S/C25H28F2N6O2/c1-14(2)29-23-24(31-20-19(30-23)7-10-28-21(20)25(35)32(3)4)33-11-8-15(9-12-33)22(34)17-13-16(26)5-6-18(17)27/h5-7,10,13-15H,8-9,11-12H2,1-4H3,(H,29,30). The zero-order valence-corrected chi connectivity index (χ0v) is 20.2. The normalized spacial score (nSPS) is 14.4. The van der Waals surface area contributed by atoms with Crippen LogP contribution in [0.1, 0.15) is 47.5 Å². The average Bonchev–Trinajstić information content (AvgIpc) is 2.83. The Morgan fingerprint density at radius 1 is 1.11 bits per heavy atom. The number of nitrogens with zero attached hydrogens (tertiary/aromatic N) is 5. The minimum atomic E-state index is -0.715. The number of ketones is 1. The van der Waals surface area contributed by atoms with Crippen LogP contribution in [0.3, 0.4) is 0 Å². The van der Waals surface area contributed by atoms with Gasteiger partial charge in [0.1, 0.15) is 17.2 Å². The molecule has 4 rings (SSSR count). The molecule has 0 bridgehead atoms. The summed E-state index contributed by atoms with van der Waals surface area (Å²) in [5.74, 6) is -1.31. The highest BCUT2D eigenvalue weighted by molar-refractivity contribution is 6.03. The van der Waals surface area contributed by atoms with Crippen LogP contribution >= 0.6 is 0 Å². The first kappa shape index (κ1) is 24.4. The molecule has 1 saturated heterocycles. The van der Waals surface area contributed by atoms with Gasteiger partial charge in [-0.05, 0) is 51.0 Å². The van der Waals surface area contributed by atoms with E-state index in [-0.39, 0.29) is 23.2 Å². The number of anilines is 2. The van der Waals surface area contributed by atoms with Crippen LogP contribution in [0.2, 0.25) is 0 Å². The molecule has 10 heteroatoms. The SMILES string of the molecule is CC(C)Nc1nc2ccnc(C(=O)N(C)C)c2nc1N1CCC(C(=O)c2cc(F)ccc2F)CC1. The molecule has 0 saturated carbocycles. The molecule has 1 aliphatic heterocycles. The number of hydrogen-bond donors (Lipinski definition) is 1. The summed E-state index contributed by atoms with van der Waals surface area (Å²) < 4.78 is 27.7. The van der Waals surface area contributed by atoms with E-state index in [1.54, 1.807) is 20.2 Å².